The maximum atomic E-state index is 13.4. The lowest BCUT2D eigenvalue weighted by molar-refractivity contribution is 0.0600. The van der Waals surface area contributed by atoms with Crippen molar-refractivity contribution in [3.05, 3.63) is 88.4 Å². The minimum Gasteiger partial charge on any atom is -0.465 e. The first-order valence-corrected chi connectivity index (χ1v) is 10.3. The van der Waals surface area contributed by atoms with Crippen LogP contribution in [0.2, 0.25) is 5.02 Å². The van der Waals surface area contributed by atoms with Crippen molar-refractivity contribution in [3.8, 4) is 0 Å². The van der Waals surface area contributed by atoms with Gasteiger partial charge in [0.2, 0.25) is 0 Å². The molecule has 0 saturated carbocycles. The number of fused-ring (bicyclic) bond motifs is 2. The van der Waals surface area contributed by atoms with Crippen molar-refractivity contribution in [2.45, 2.75) is 16.3 Å². The van der Waals surface area contributed by atoms with Gasteiger partial charge in [-0.25, -0.2) is 9.00 Å². The third-order valence-electron chi connectivity index (χ3n) is 4.69. The largest absolute Gasteiger partial charge is 0.465 e. The summed E-state index contributed by atoms with van der Waals surface area (Å²) >= 11 is 5.98. The highest BCUT2D eigenvalue weighted by Gasteiger charge is 2.31. The van der Waals surface area contributed by atoms with E-state index in [1.165, 1.54) is 12.0 Å². The maximum Gasteiger partial charge on any atom is 0.337 e. The van der Waals surface area contributed by atoms with Crippen molar-refractivity contribution >= 4 is 40.0 Å². The number of rotatable bonds is 3. The Hall–Kier alpha value is -2.96. The first-order chi connectivity index (χ1) is 14.0. The Bertz CT molecular complexity index is 1140. The Morgan fingerprint density at radius 3 is 2.48 bits per heavy atom. The number of benzene rings is 3. The number of anilines is 1. The number of hydrogen-bond acceptors (Lipinski definition) is 4. The number of esters is 1. The number of amides is 1. The SMILES string of the molecule is COC(=O)c1ccc2c(c1)N(Cc1ccc(Cl)cc1)C(=O)c1ccccc1S2=O. The highest BCUT2D eigenvalue weighted by atomic mass is 35.5. The highest BCUT2D eigenvalue weighted by Crippen LogP contribution is 2.36. The van der Waals surface area contributed by atoms with E-state index < -0.39 is 16.8 Å². The van der Waals surface area contributed by atoms with Crippen LogP contribution in [-0.2, 0) is 22.1 Å². The van der Waals surface area contributed by atoms with E-state index in [1.54, 1.807) is 54.6 Å². The van der Waals surface area contributed by atoms with E-state index in [-0.39, 0.29) is 18.0 Å². The lowest BCUT2D eigenvalue weighted by Gasteiger charge is -2.23. The number of carbonyl (C=O) groups is 2. The molecule has 146 valence electrons. The molecule has 3 aromatic carbocycles. The van der Waals surface area contributed by atoms with Crippen LogP contribution in [0.5, 0.6) is 0 Å². The molecule has 0 radical (unpaired) electrons. The summed E-state index contributed by atoms with van der Waals surface area (Å²) in [6.45, 7) is 0.235. The fourth-order valence-corrected chi connectivity index (χ4v) is 4.71. The summed E-state index contributed by atoms with van der Waals surface area (Å²) in [6, 6.07) is 18.7. The summed E-state index contributed by atoms with van der Waals surface area (Å²) in [7, 11) is -0.279. The standard InChI is InChI=1S/C22H16ClNO4S/c1-28-22(26)15-8-11-20-18(12-15)24(13-14-6-9-16(23)10-7-14)21(25)17-4-2-3-5-19(17)29(20)27/h2-12H,13H2,1H3. The zero-order valence-corrected chi connectivity index (χ0v) is 17.0. The van der Waals surface area contributed by atoms with Crippen LogP contribution in [0.15, 0.2) is 76.5 Å². The number of carbonyl (C=O) groups excluding carboxylic acids is 2. The van der Waals surface area contributed by atoms with Crippen molar-refractivity contribution in [2.75, 3.05) is 12.0 Å². The van der Waals surface area contributed by atoms with E-state index in [4.69, 9.17) is 16.3 Å². The van der Waals surface area contributed by atoms with E-state index in [2.05, 4.69) is 0 Å². The first kappa shape index (κ1) is 19.4. The summed E-state index contributed by atoms with van der Waals surface area (Å²) in [5.74, 6) is -0.816. The molecule has 7 heteroatoms. The van der Waals surface area contributed by atoms with Crippen molar-refractivity contribution in [2.24, 2.45) is 0 Å². The number of halogens is 1. The maximum absolute atomic E-state index is 13.4. The van der Waals surface area contributed by atoms with Crippen molar-refractivity contribution in [3.63, 3.8) is 0 Å². The molecule has 0 bridgehead atoms. The van der Waals surface area contributed by atoms with E-state index >= 15 is 0 Å². The lowest BCUT2D eigenvalue weighted by atomic mass is 10.1. The van der Waals surface area contributed by atoms with E-state index in [0.29, 0.717) is 26.1 Å². The Balaban J connectivity index is 1.91. The van der Waals surface area contributed by atoms with Crippen molar-refractivity contribution < 1.29 is 18.5 Å². The van der Waals surface area contributed by atoms with E-state index in [9.17, 15) is 13.8 Å². The van der Waals surface area contributed by atoms with Gasteiger partial charge in [-0.1, -0.05) is 35.9 Å². The van der Waals surface area contributed by atoms with Crippen molar-refractivity contribution in [1.29, 1.82) is 0 Å². The number of methoxy groups -OCH3 is 1. The van der Waals surface area contributed by atoms with Gasteiger partial charge in [-0.2, -0.15) is 0 Å². The number of ether oxygens (including phenoxy) is 1. The van der Waals surface area contributed by atoms with Gasteiger partial charge < -0.3 is 9.64 Å². The molecule has 0 spiro atoms. The van der Waals surface area contributed by atoms with Crippen LogP contribution in [0, 0.1) is 0 Å². The fraction of sp³-hybridized carbons (Fsp3) is 0.0909. The van der Waals surface area contributed by atoms with Gasteiger partial charge in [0.05, 0.1) is 51.1 Å². The highest BCUT2D eigenvalue weighted by molar-refractivity contribution is 7.85. The summed E-state index contributed by atoms with van der Waals surface area (Å²) < 4.78 is 18.1. The number of nitrogens with zero attached hydrogens (tertiary/aromatic N) is 1. The van der Waals surface area contributed by atoms with E-state index in [0.717, 1.165) is 5.56 Å². The third-order valence-corrected chi connectivity index (χ3v) is 6.44. The molecule has 4 rings (SSSR count). The van der Waals surface area contributed by atoms with E-state index in [1.807, 2.05) is 12.1 Å². The Morgan fingerprint density at radius 2 is 1.76 bits per heavy atom. The molecule has 1 heterocycles. The first-order valence-electron chi connectivity index (χ1n) is 8.79. The molecule has 3 aromatic rings. The third kappa shape index (κ3) is 3.57. The Labute approximate surface area is 175 Å². The van der Waals surface area contributed by atoms with Gasteiger partial charge in [0, 0.05) is 5.02 Å². The van der Waals surface area contributed by atoms with Crippen LogP contribution < -0.4 is 4.90 Å². The van der Waals surface area contributed by atoms with Crippen LogP contribution in [0.25, 0.3) is 0 Å². The Kier molecular flexibility index (Phi) is 5.22. The van der Waals surface area contributed by atoms with Crippen molar-refractivity contribution in [1.82, 2.24) is 0 Å². The molecule has 1 aliphatic rings. The van der Waals surface area contributed by atoms with Crippen LogP contribution in [0.4, 0.5) is 5.69 Å². The minimum absolute atomic E-state index is 0.235. The quantitative estimate of drug-likeness (QED) is 0.581. The van der Waals surface area contributed by atoms with Crippen LogP contribution in [-0.4, -0.2) is 23.2 Å². The van der Waals surface area contributed by atoms with Gasteiger partial charge >= 0.3 is 5.97 Å². The van der Waals surface area contributed by atoms with Gasteiger partial charge in [-0.05, 0) is 48.0 Å². The second-order valence-electron chi connectivity index (χ2n) is 6.46. The minimum atomic E-state index is -1.57. The summed E-state index contributed by atoms with van der Waals surface area (Å²) in [4.78, 5) is 27.9. The second kappa shape index (κ2) is 7.81. The van der Waals surface area contributed by atoms with Gasteiger partial charge in [0.25, 0.3) is 5.91 Å². The average Bonchev–Trinajstić information content (AvgIpc) is 2.84. The lowest BCUT2D eigenvalue weighted by Crippen LogP contribution is -2.30. The van der Waals surface area contributed by atoms with Gasteiger partial charge in [0.15, 0.2) is 0 Å². The van der Waals surface area contributed by atoms with Gasteiger partial charge in [-0.3, -0.25) is 4.79 Å². The predicted octanol–water partition coefficient (Wildman–Crippen LogP) is 4.45. The molecule has 0 saturated heterocycles. The molecule has 0 N–H and O–H groups in total. The summed E-state index contributed by atoms with van der Waals surface area (Å²) in [6.07, 6.45) is 0. The van der Waals surface area contributed by atoms with Gasteiger partial charge in [0.1, 0.15) is 0 Å². The average molecular weight is 426 g/mol. The smallest absolute Gasteiger partial charge is 0.337 e. The zero-order chi connectivity index (χ0) is 20.5. The van der Waals surface area contributed by atoms with Crippen LogP contribution in [0.3, 0.4) is 0 Å². The molecule has 1 unspecified atom stereocenters. The topological polar surface area (TPSA) is 63.7 Å². The summed E-state index contributed by atoms with van der Waals surface area (Å²) in [5, 5.41) is 0.593. The van der Waals surface area contributed by atoms with Gasteiger partial charge in [-0.15, -0.1) is 0 Å². The predicted molar refractivity (Wildman–Crippen MR) is 111 cm³/mol. The molecule has 0 aliphatic carbocycles. The second-order valence-corrected chi connectivity index (χ2v) is 8.31. The zero-order valence-electron chi connectivity index (χ0n) is 15.4. The molecule has 1 atom stereocenters. The number of hydrogen-bond donors (Lipinski definition) is 0. The molecule has 0 fully saturated rings. The molecular weight excluding hydrogens is 410 g/mol. The molecule has 5 nitrogen and oxygen atoms in total. The molecular formula is C22H16ClNO4S. The molecule has 29 heavy (non-hydrogen) atoms. The van der Waals surface area contributed by atoms with Crippen LogP contribution >= 0.6 is 11.6 Å². The summed E-state index contributed by atoms with van der Waals surface area (Å²) in [5.41, 5.74) is 1.92. The molecule has 1 aliphatic heterocycles. The monoisotopic (exact) mass is 425 g/mol. The fourth-order valence-electron chi connectivity index (χ4n) is 3.24. The molecule has 0 aromatic heterocycles. The van der Waals surface area contributed by atoms with Crippen LogP contribution in [0.1, 0.15) is 26.3 Å². The molecule has 1 amide bonds. The normalized spacial score (nSPS) is 15.3. The Morgan fingerprint density at radius 1 is 1.03 bits per heavy atom.